The van der Waals surface area contributed by atoms with Crippen molar-refractivity contribution in [3.05, 3.63) is 51.3 Å². The number of anilines is 1. The second-order valence-corrected chi connectivity index (χ2v) is 5.57. The summed E-state index contributed by atoms with van der Waals surface area (Å²) in [6.07, 6.45) is 3.38. The summed E-state index contributed by atoms with van der Waals surface area (Å²) in [5.74, 6) is 0.248. The van der Waals surface area contributed by atoms with E-state index in [9.17, 15) is 10.1 Å². The smallest absolute Gasteiger partial charge is 0.358 e. The Morgan fingerprint density at radius 1 is 1.52 bits per heavy atom. The van der Waals surface area contributed by atoms with Gasteiger partial charge in [-0.1, -0.05) is 11.3 Å². The summed E-state index contributed by atoms with van der Waals surface area (Å²) >= 11 is 1.36. The fourth-order valence-corrected chi connectivity index (χ4v) is 2.88. The number of hydrogen-bond donors (Lipinski definition) is 1. The molecule has 8 heteroatoms. The van der Waals surface area contributed by atoms with Gasteiger partial charge in [-0.15, -0.1) is 0 Å². The molecule has 3 heterocycles. The Balaban J connectivity index is 1.96. The van der Waals surface area contributed by atoms with Crippen LogP contribution in [0, 0.1) is 17.0 Å². The number of imidazole rings is 1. The van der Waals surface area contributed by atoms with Crippen molar-refractivity contribution in [1.82, 2.24) is 14.4 Å². The Morgan fingerprint density at radius 3 is 3.05 bits per heavy atom. The highest BCUT2D eigenvalue weighted by atomic mass is 32.1. The summed E-state index contributed by atoms with van der Waals surface area (Å²) in [6.45, 7) is 3.84. The van der Waals surface area contributed by atoms with Gasteiger partial charge < -0.3 is 15.4 Å². The van der Waals surface area contributed by atoms with Gasteiger partial charge in [0, 0.05) is 17.3 Å². The second-order valence-electron chi connectivity index (χ2n) is 4.69. The molecule has 0 radical (unpaired) electrons. The number of thiazole rings is 1. The number of fused-ring (bicyclic) bond motifs is 1. The maximum atomic E-state index is 11.3. The Hall–Kier alpha value is -2.48. The topological polar surface area (TPSA) is 85.4 Å². The van der Waals surface area contributed by atoms with E-state index in [1.54, 1.807) is 17.8 Å². The van der Waals surface area contributed by atoms with Crippen molar-refractivity contribution in [2.24, 2.45) is 0 Å². The largest absolute Gasteiger partial charge is 0.372 e. The Morgan fingerprint density at radius 2 is 2.33 bits per heavy atom. The first-order valence-electron chi connectivity index (χ1n) is 6.35. The van der Waals surface area contributed by atoms with E-state index in [2.05, 4.69) is 15.3 Å². The third-order valence-electron chi connectivity index (χ3n) is 3.18. The summed E-state index contributed by atoms with van der Waals surface area (Å²) in [5, 5.41) is 16.2. The average molecular weight is 303 g/mol. The maximum Gasteiger partial charge on any atom is 0.372 e. The first-order valence-corrected chi connectivity index (χ1v) is 7.23. The van der Waals surface area contributed by atoms with Crippen LogP contribution < -0.4 is 5.32 Å². The van der Waals surface area contributed by atoms with Gasteiger partial charge in [-0.2, -0.15) is 9.38 Å². The van der Waals surface area contributed by atoms with E-state index >= 15 is 0 Å². The molecule has 1 unspecified atom stereocenters. The van der Waals surface area contributed by atoms with Crippen molar-refractivity contribution in [3.63, 3.8) is 0 Å². The summed E-state index contributed by atoms with van der Waals surface area (Å²) in [5.41, 5.74) is 1.91. The summed E-state index contributed by atoms with van der Waals surface area (Å²) in [7, 11) is 0. The van der Waals surface area contributed by atoms with Gasteiger partial charge in [0.25, 0.3) is 4.96 Å². The molecule has 3 aromatic rings. The van der Waals surface area contributed by atoms with E-state index in [1.165, 1.54) is 15.7 Å². The van der Waals surface area contributed by atoms with Gasteiger partial charge >= 0.3 is 5.82 Å². The zero-order valence-electron chi connectivity index (χ0n) is 11.5. The molecule has 7 nitrogen and oxygen atoms in total. The van der Waals surface area contributed by atoms with Gasteiger partial charge in [-0.25, -0.2) is 0 Å². The highest BCUT2D eigenvalue weighted by molar-refractivity contribution is 7.15. The van der Waals surface area contributed by atoms with E-state index in [0.717, 1.165) is 11.3 Å². The lowest BCUT2D eigenvalue weighted by Gasteiger charge is -2.13. The third-order valence-corrected chi connectivity index (χ3v) is 3.94. The Bertz CT molecular complexity index is 810. The molecule has 0 saturated carbocycles. The quantitative estimate of drug-likeness (QED) is 0.591. The van der Waals surface area contributed by atoms with Gasteiger partial charge in [0.05, 0.1) is 6.04 Å². The van der Waals surface area contributed by atoms with E-state index in [4.69, 9.17) is 0 Å². The van der Waals surface area contributed by atoms with Gasteiger partial charge in [0.15, 0.2) is 0 Å². The van der Waals surface area contributed by atoms with Crippen molar-refractivity contribution in [3.8, 4) is 0 Å². The van der Waals surface area contributed by atoms with Crippen molar-refractivity contribution in [2.75, 3.05) is 5.32 Å². The standard InChI is InChI=1S/C13H13N5O2S/c1-8-7-10(3-4-14-8)9(2)15-11-12(18(19)20)17-5-6-21-13(17)16-11/h3-7,9,15H,1-2H3. The van der Waals surface area contributed by atoms with Gasteiger partial charge in [-0.3, -0.25) is 4.98 Å². The van der Waals surface area contributed by atoms with E-state index in [-0.39, 0.29) is 17.7 Å². The Labute approximate surface area is 124 Å². The molecular weight excluding hydrogens is 290 g/mol. The van der Waals surface area contributed by atoms with Crippen LogP contribution in [0.3, 0.4) is 0 Å². The fourth-order valence-electron chi connectivity index (χ4n) is 2.17. The first kappa shape index (κ1) is 13.5. The highest BCUT2D eigenvalue weighted by Gasteiger charge is 2.24. The number of pyridine rings is 1. The molecule has 0 aliphatic rings. The number of hydrogen-bond acceptors (Lipinski definition) is 6. The minimum absolute atomic E-state index is 0.0381. The average Bonchev–Trinajstić information content (AvgIpc) is 2.98. The number of aryl methyl sites for hydroxylation is 1. The van der Waals surface area contributed by atoms with Gasteiger partial charge in [0.1, 0.15) is 6.20 Å². The van der Waals surface area contributed by atoms with Gasteiger partial charge in [-0.05, 0) is 36.5 Å². The van der Waals surface area contributed by atoms with Crippen LogP contribution in [-0.4, -0.2) is 19.3 Å². The van der Waals surface area contributed by atoms with E-state index in [0.29, 0.717) is 4.96 Å². The van der Waals surface area contributed by atoms with Crippen LogP contribution in [-0.2, 0) is 0 Å². The van der Waals surface area contributed by atoms with Crippen LogP contribution in [0.4, 0.5) is 11.6 Å². The minimum atomic E-state index is -0.417. The van der Waals surface area contributed by atoms with E-state index in [1.807, 2.05) is 26.0 Å². The molecule has 0 aliphatic carbocycles. The lowest BCUT2D eigenvalue weighted by Crippen LogP contribution is -2.09. The van der Waals surface area contributed by atoms with Crippen LogP contribution >= 0.6 is 11.3 Å². The second kappa shape index (κ2) is 5.13. The predicted octanol–water partition coefficient (Wildman–Crippen LogP) is 3.18. The number of nitrogens with zero attached hydrogens (tertiary/aromatic N) is 4. The minimum Gasteiger partial charge on any atom is -0.358 e. The van der Waals surface area contributed by atoms with Crippen LogP contribution in [0.1, 0.15) is 24.2 Å². The Kier molecular flexibility index (Phi) is 3.30. The van der Waals surface area contributed by atoms with Gasteiger partial charge in [0.2, 0.25) is 5.82 Å². The van der Waals surface area contributed by atoms with Crippen LogP contribution in [0.15, 0.2) is 29.9 Å². The molecule has 1 atom stereocenters. The molecule has 0 bridgehead atoms. The molecule has 0 aliphatic heterocycles. The summed E-state index contributed by atoms with van der Waals surface area (Å²) in [6, 6.07) is 3.73. The molecule has 3 aromatic heterocycles. The molecule has 21 heavy (non-hydrogen) atoms. The third kappa shape index (κ3) is 2.45. The van der Waals surface area contributed by atoms with Crippen molar-refractivity contribution < 1.29 is 4.92 Å². The van der Waals surface area contributed by atoms with E-state index < -0.39 is 4.92 Å². The van der Waals surface area contributed by atoms with Crippen LogP contribution in [0.5, 0.6) is 0 Å². The fraction of sp³-hybridized carbons (Fsp3) is 0.231. The monoisotopic (exact) mass is 303 g/mol. The van der Waals surface area contributed by atoms with Crippen molar-refractivity contribution in [1.29, 1.82) is 0 Å². The highest BCUT2D eigenvalue weighted by Crippen LogP contribution is 2.30. The lowest BCUT2D eigenvalue weighted by molar-refractivity contribution is -0.389. The summed E-state index contributed by atoms with van der Waals surface area (Å²) < 4.78 is 1.48. The first-order chi connectivity index (χ1) is 10.1. The van der Waals surface area contributed by atoms with Crippen molar-refractivity contribution in [2.45, 2.75) is 19.9 Å². The molecule has 3 rings (SSSR count). The predicted molar refractivity (Wildman–Crippen MR) is 80.7 cm³/mol. The number of rotatable bonds is 4. The molecule has 0 spiro atoms. The van der Waals surface area contributed by atoms with Crippen molar-refractivity contribution >= 4 is 27.9 Å². The molecule has 0 saturated heterocycles. The van der Waals surface area contributed by atoms with Crippen LogP contribution in [0.25, 0.3) is 4.96 Å². The maximum absolute atomic E-state index is 11.3. The van der Waals surface area contributed by atoms with Crippen LogP contribution in [0.2, 0.25) is 0 Å². The number of aromatic nitrogens is 3. The zero-order valence-corrected chi connectivity index (χ0v) is 12.3. The lowest BCUT2D eigenvalue weighted by atomic mass is 10.1. The SMILES string of the molecule is Cc1cc(C(C)Nc2nc3sccn3c2[N+](=O)[O-])ccn1. The number of nitro groups is 1. The molecule has 108 valence electrons. The number of nitrogens with one attached hydrogen (secondary N) is 1. The normalized spacial score (nSPS) is 12.5. The molecule has 1 N–H and O–H groups in total. The zero-order chi connectivity index (χ0) is 15.0. The summed E-state index contributed by atoms with van der Waals surface area (Å²) in [4.78, 5) is 19.9. The molecule has 0 aromatic carbocycles. The molecular formula is C13H13N5O2S. The molecule has 0 fully saturated rings. The molecule has 0 amide bonds.